The number of nitrogens with one attached hydrogen (secondary N) is 1. The fourth-order valence-electron chi connectivity index (χ4n) is 4.76. The molecule has 0 bridgehead atoms. The van der Waals surface area contributed by atoms with E-state index >= 15 is 0 Å². The Labute approximate surface area is 189 Å². The molecule has 6 aromatic rings. The third-order valence-electron chi connectivity index (χ3n) is 6.69. The second-order valence-corrected chi connectivity index (χ2v) is 8.88. The first-order chi connectivity index (χ1) is 15.5. The van der Waals surface area contributed by atoms with E-state index in [1.54, 1.807) is 0 Å². The minimum absolute atomic E-state index is 0.0899. The van der Waals surface area contributed by atoms with Crippen LogP contribution in [0.2, 0.25) is 0 Å². The van der Waals surface area contributed by atoms with Crippen LogP contribution in [0.15, 0.2) is 78.9 Å². The first-order valence-electron chi connectivity index (χ1n) is 10.9. The maximum atomic E-state index is 6.51. The van der Waals surface area contributed by atoms with Gasteiger partial charge in [0.1, 0.15) is 11.5 Å². The molecule has 0 atom stereocenters. The van der Waals surface area contributed by atoms with E-state index in [9.17, 15) is 0 Å². The summed E-state index contributed by atoms with van der Waals surface area (Å²) >= 11 is 0. The number of hydrogen-bond donors (Lipinski definition) is 1. The number of aromatic amines is 1. The smallest absolute Gasteiger partial charge is 0.139 e. The maximum Gasteiger partial charge on any atom is 0.139 e. The summed E-state index contributed by atoms with van der Waals surface area (Å²) < 4.78 is 2.21. The molecule has 6 rings (SSSR count). The summed E-state index contributed by atoms with van der Waals surface area (Å²) in [6, 6.07) is 27.0. The summed E-state index contributed by atoms with van der Waals surface area (Å²) in [7, 11) is 13.0. The quantitative estimate of drug-likeness (QED) is 0.360. The molecule has 3 aromatic carbocycles. The van der Waals surface area contributed by atoms with Gasteiger partial charge >= 0.3 is 0 Å². The lowest BCUT2D eigenvalue weighted by Gasteiger charge is -2.32. The molecule has 3 heterocycles. The van der Waals surface area contributed by atoms with Crippen molar-refractivity contribution < 1.29 is 0 Å². The van der Waals surface area contributed by atoms with Gasteiger partial charge < -0.3 is 4.98 Å². The van der Waals surface area contributed by atoms with Gasteiger partial charge in [-0.25, -0.2) is 4.98 Å². The van der Waals surface area contributed by atoms with E-state index in [1.165, 1.54) is 16.2 Å². The zero-order chi connectivity index (χ0) is 22.0. The highest BCUT2D eigenvalue weighted by Gasteiger charge is 2.26. The summed E-state index contributed by atoms with van der Waals surface area (Å²) in [5, 5.41) is 3.70. The van der Waals surface area contributed by atoms with E-state index in [0.717, 1.165) is 39.0 Å². The Kier molecular flexibility index (Phi) is 4.07. The summed E-state index contributed by atoms with van der Waals surface area (Å²) in [5.41, 5.74) is 5.08. The minimum Gasteiger partial charge on any atom is -0.340 e. The Morgan fingerprint density at radius 1 is 0.812 bits per heavy atom. The number of aromatic nitrogens is 3. The standard InChI is InChI=1S/C27H21B2N3/c1-16(2)27(28,29)20-10-7-12-21-17(20)14-15-24(30-21)32-23-13-6-4-9-19(23)25-18-8-3-5-11-22(18)31-26(25)32/h3-16,31H,1-2H3. The normalized spacial score (nSPS) is 12.6. The average Bonchev–Trinajstić information content (AvgIpc) is 3.32. The van der Waals surface area contributed by atoms with Crippen LogP contribution in [0.25, 0.3) is 49.6 Å². The monoisotopic (exact) mass is 409 g/mol. The largest absolute Gasteiger partial charge is 0.340 e. The van der Waals surface area contributed by atoms with Crippen molar-refractivity contribution in [2.75, 3.05) is 0 Å². The second-order valence-electron chi connectivity index (χ2n) is 8.88. The fraction of sp³-hybridized carbons (Fsp3) is 0.148. The van der Waals surface area contributed by atoms with E-state index < -0.39 is 5.21 Å². The van der Waals surface area contributed by atoms with Gasteiger partial charge in [-0.3, -0.25) is 4.57 Å². The third kappa shape index (κ3) is 2.60. The van der Waals surface area contributed by atoms with Crippen LogP contribution in [0.3, 0.4) is 0 Å². The lowest BCUT2D eigenvalue weighted by molar-refractivity contribution is 0.573. The number of nitrogens with zero attached hydrogens (tertiary/aromatic N) is 2. The van der Waals surface area contributed by atoms with Gasteiger partial charge in [-0.1, -0.05) is 73.5 Å². The van der Waals surface area contributed by atoms with E-state index in [-0.39, 0.29) is 5.92 Å². The number of rotatable bonds is 3. The van der Waals surface area contributed by atoms with Gasteiger partial charge in [0.25, 0.3) is 0 Å². The number of fused-ring (bicyclic) bond motifs is 6. The lowest BCUT2D eigenvalue weighted by atomic mass is 9.45. The molecule has 5 heteroatoms. The number of pyridine rings is 1. The average molecular weight is 409 g/mol. The van der Waals surface area contributed by atoms with Crippen LogP contribution in [-0.4, -0.2) is 30.2 Å². The van der Waals surface area contributed by atoms with Crippen molar-refractivity contribution in [1.82, 2.24) is 14.5 Å². The molecule has 3 nitrogen and oxygen atoms in total. The molecule has 0 spiro atoms. The highest BCUT2D eigenvalue weighted by molar-refractivity contribution is 6.41. The van der Waals surface area contributed by atoms with E-state index in [2.05, 4.69) is 70.2 Å². The lowest BCUT2D eigenvalue weighted by Crippen LogP contribution is -2.33. The summed E-state index contributed by atoms with van der Waals surface area (Å²) in [6.07, 6.45) is 0. The molecule has 0 aliphatic carbocycles. The van der Waals surface area contributed by atoms with Gasteiger partial charge in [-0.05, 0) is 35.9 Å². The molecule has 1 N–H and O–H groups in total. The van der Waals surface area contributed by atoms with Crippen molar-refractivity contribution in [2.24, 2.45) is 5.92 Å². The molecule has 0 unspecified atom stereocenters. The van der Waals surface area contributed by atoms with Gasteiger partial charge in [-0.2, -0.15) is 0 Å². The van der Waals surface area contributed by atoms with Crippen LogP contribution in [0.4, 0.5) is 0 Å². The molecule has 0 saturated heterocycles. The molecular weight excluding hydrogens is 388 g/mol. The van der Waals surface area contributed by atoms with E-state index in [4.69, 9.17) is 20.7 Å². The molecule has 0 saturated carbocycles. The Balaban J connectivity index is 1.66. The zero-order valence-corrected chi connectivity index (χ0v) is 18.1. The van der Waals surface area contributed by atoms with Crippen LogP contribution >= 0.6 is 0 Å². The predicted molar refractivity (Wildman–Crippen MR) is 136 cm³/mol. The number of H-pyrrole nitrogens is 1. The van der Waals surface area contributed by atoms with Crippen LogP contribution in [0.5, 0.6) is 0 Å². The molecule has 0 aliphatic rings. The first-order valence-corrected chi connectivity index (χ1v) is 10.9. The Bertz CT molecular complexity index is 1640. The number of para-hydroxylation sites is 2. The van der Waals surface area contributed by atoms with Crippen molar-refractivity contribution in [3.8, 4) is 5.82 Å². The Morgan fingerprint density at radius 3 is 2.38 bits per heavy atom. The van der Waals surface area contributed by atoms with Gasteiger partial charge in [-0.15, -0.1) is 0 Å². The summed E-state index contributed by atoms with van der Waals surface area (Å²) in [4.78, 5) is 8.67. The highest BCUT2D eigenvalue weighted by Crippen LogP contribution is 2.37. The van der Waals surface area contributed by atoms with Crippen LogP contribution in [0, 0.1) is 5.92 Å². The van der Waals surface area contributed by atoms with Gasteiger partial charge in [0.15, 0.2) is 0 Å². The Morgan fingerprint density at radius 2 is 1.56 bits per heavy atom. The molecule has 0 amide bonds. The third-order valence-corrected chi connectivity index (χ3v) is 6.69. The van der Waals surface area contributed by atoms with E-state index in [1.807, 2.05) is 32.0 Å². The summed E-state index contributed by atoms with van der Waals surface area (Å²) in [6.45, 7) is 4.08. The zero-order valence-electron chi connectivity index (χ0n) is 18.1. The maximum absolute atomic E-state index is 6.51. The topological polar surface area (TPSA) is 33.6 Å². The van der Waals surface area contributed by atoms with Gasteiger partial charge in [0.05, 0.1) is 26.7 Å². The van der Waals surface area contributed by atoms with Crippen molar-refractivity contribution in [3.63, 3.8) is 0 Å². The van der Waals surface area contributed by atoms with Gasteiger partial charge in [0, 0.05) is 27.1 Å². The minimum atomic E-state index is -0.923. The van der Waals surface area contributed by atoms with E-state index in [0.29, 0.717) is 0 Å². The van der Waals surface area contributed by atoms with Crippen molar-refractivity contribution in [1.29, 1.82) is 0 Å². The molecule has 150 valence electrons. The second kappa shape index (κ2) is 6.77. The van der Waals surface area contributed by atoms with Gasteiger partial charge in [0.2, 0.25) is 0 Å². The first kappa shape index (κ1) is 19.2. The SMILES string of the molecule is [B]C([B])(c1cccc2nc(-n3c4ccccc4c4c5ccccc5[nH]c43)ccc12)C(C)C. The van der Waals surface area contributed by atoms with Crippen molar-refractivity contribution in [2.45, 2.75) is 19.1 Å². The Hall–Kier alpha value is -3.46. The molecule has 32 heavy (non-hydrogen) atoms. The fourth-order valence-corrected chi connectivity index (χ4v) is 4.76. The number of benzene rings is 3. The van der Waals surface area contributed by atoms with Crippen LogP contribution in [-0.2, 0) is 5.21 Å². The summed E-state index contributed by atoms with van der Waals surface area (Å²) in [5.74, 6) is 0.948. The molecular formula is C27H21B2N3. The highest BCUT2D eigenvalue weighted by atomic mass is 15.1. The predicted octanol–water partition coefficient (Wildman–Crippen LogP) is 5.96. The van der Waals surface area contributed by atoms with Crippen molar-refractivity contribution >= 4 is 59.4 Å². The van der Waals surface area contributed by atoms with Crippen molar-refractivity contribution in [3.05, 3.63) is 84.4 Å². The molecule has 4 radical (unpaired) electrons. The number of hydrogen-bond acceptors (Lipinski definition) is 1. The van der Waals surface area contributed by atoms with Crippen LogP contribution < -0.4 is 0 Å². The molecule has 0 fully saturated rings. The van der Waals surface area contributed by atoms with Crippen LogP contribution in [0.1, 0.15) is 19.4 Å². The molecule has 3 aromatic heterocycles. The molecule has 0 aliphatic heterocycles.